The predicted octanol–water partition coefficient (Wildman–Crippen LogP) is 5.01. The SMILES string of the molecule is Cc1cc2ccccc2c(C23CC4CC(CC(C4)C2)C3)n1. The molecular weight excluding hydrogens is 254 g/mol. The molecule has 0 amide bonds. The van der Waals surface area contributed by atoms with Gasteiger partial charge in [-0.25, -0.2) is 0 Å². The van der Waals surface area contributed by atoms with Crippen LogP contribution < -0.4 is 0 Å². The molecule has 4 saturated carbocycles. The maximum atomic E-state index is 5.09. The summed E-state index contributed by atoms with van der Waals surface area (Å²) in [5.41, 5.74) is 3.04. The lowest BCUT2D eigenvalue weighted by molar-refractivity contribution is -0.00649. The summed E-state index contributed by atoms with van der Waals surface area (Å²) in [6.45, 7) is 2.16. The summed E-state index contributed by atoms with van der Waals surface area (Å²) in [5, 5.41) is 2.81. The molecule has 1 aromatic heterocycles. The Balaban J connectivity index is 1.74. The second kappa shape index (κ2) is 4.09. The Morgan fingerprint density at radius 1 is 0.952 bits per heavy atom. The highest BCUT2D eigenvalue weighted by atomic mass is 14.8. The molecule has 0 spiro atoms. The Hall–Kier alpha value is -1.37. The van der Waals surface area contributed by atoms with Crippen molar-refractivity contribution in [2.75, 3.05) is 0 Å². The molecule has 0 saturated heterocycles. The molecule has 4 aliphatic rings. The fraction of sp³-hybridized carbons (Fsp3) is 0.550. The van der Waals surface area contributed by atoms with Gasteiger partial charge in [-0.2, -0.15) is 0 Å². The van der Waals surface area contributed by atoms with E-state index in [1.807, 2.05) is 0 Å². The highest BCUT2D eigenvalue weighted by molar-refractivity contribution is 5.85. The highest BCUT2D eigenvalue weighted by Crippen LogP contribution is 2.61. The van der Waals surface area contributed by atoms with Crippen LogP contribution in [0, 0.1) is 24.7 Å². The van der Waals surface area contributed by atoms with Crippen molar-refractivity contribution in [2.24, 2.45) is 17.8 Å². The number of aryl methyl sites for hydroxylation is 1. The molecule has 21 heavy (non-hydrogen) atoms. The zero-order valence-electron chi connectivity index (χ0n) is 12.8. The van der Waals surface area contributed by atoms with Crippen molar-refractivity contribution in [3.63, 3.8) is 0 Å². The quantitative estimate of drug-likeness (QED) is 0.714. The molecule has 108 valence electrons. The Labute approximate surface area is 126 Å². The van der Waals surface area contributed by atoms with Crippen molar-refractivity contribution in [2.45, 2.75) is 50.9 Å². The summed E-state index contributed by atoms with van der Waals surface area (Å²) in [7, 11) is 0. The Kier molecular flexibility index (Phi) is 2.38. The summed E-state index contributed by atoms with van der Waals surface area (Å²) in [5.74, 6) is 2.95. The summed E-state index contributed by atoms with van der Waals surface area (Å²) in [6, 6.07) is 11.2. The Morgan fingerprint density at radius 2 is 1.57 bits per heavy atom. The van der Waals surface area contributed by atoms with Crippen molar-refractivity contribution >= 4 is 10.8 Å². The minimum Gasteiger partial charge on any atom is -0.257 e. The molecule has 0 atom stereocenters. The van der Waals surface area contributed by atoms with Crippen LogP contribution in [0.5, 0.6) is 0 Å². The van der Waals surface area contributed by atoms with Crippen molar-refractivity contribution < 1.29 is 0 Å². The standard InChI is InChI=1S/C20H23N/c1-13-6-17-4-2-3-5-18(17)19(21-13)20-10-14-7-15(11-20)9-16(8-14)12-20/h2-6,14-16H,7-12H2,1H3. The van der Waals surface area contributed by atoms with Gasteiger partial charge in [-0.1, -0.05) is 24.3 Å². The third-order valence-electron chi connectivity index (χ3n) is 6.41. The van der Waals surface area contributed by atoms with Crippen LogP contribution in [0.2, 0.25) is 0 Å². The lowest BCUT2D eigenvalue weighted by atomic mass is 9.48. The van der Waals surface area contributed by atoms with Crippen molar-refractivity contribution in [3.8, 4) is 0 Å². The summed E-state index contributed by atoms with van der Waals surface area (Å²) in [6.07, 6.45) is 8.72. The van der Waals surface area contributed by atoms with E-state index in [0.717, 1.165) is 17.8 Å². The lowest BCUT2D eigenvalue weighted by Gasteiger charge is -2.56. The van der Waals surface area contributed by atoms with Crippen LogP contribution in [0.1, 0.15) is 49.9 Å². The van der Waals surface area contributed by atoms with Crippen LogP contribution in [0.25, 0.3) is 10.8 Å². The van der Waals surface area contributed by atoms with E-state index in [4.69, 9.17) is 4.98 Å². The first-order chi connectivity index (χ1) is 10.2. The van der Waals surface area contributed by atoms with E-state index >= 15 is 0 Å². The monoisotopic (exact) mass is 277 g/mol. The number of hydrogen-bond acceptors (Lipinski definition) is 1. The van der Waals surface area contributed by atoms with Gasteiger partial charge >= 0.3 is 0 Å². The number of benzene rings is 1. The number of aromatic nitrogens is 1. The van der Waals surface area contributed by atoms with Crippen LogP contribution in [0.4, 0.5) is 0 Å². The number of nitrogens with zero attached hydrogens (tertiary/aromatic N) is 1. The summed E-state index contributed by atoms with van der Waals surface area (Å²) >= 11 is 0. The average Bonchev–Trinajstić information content (AvgIpc) is 2.45. The smallest absolute Gasteiger partial charge is 0.0547 e. The Morgan fingerprint density at radius 3 is 2.24 bits per heavy atom. The van der Waals surface area contributed by atoms with Gasteiger partial charge in [0.2, 0.25) is 0 Å². The number of pyridine rings is 1. The molecule has 1 nitrogen and oxygen atoms in total. The third-order valence-corrected chi connectivity index (χ3v) is 6.41. The summed E-state index contributed by atoms with van der Waals surface area (Å²) < 4.78 is 0. The number of rotatable bonds is 1. The first-order valence-electron chi connectivity index (χ1n) is 8.59. The molecule has 1 heteroatoms. The van der Waals surface area contributed by atoms with Crippen LogP contribution >= 0.6 is 0 Å². The lowest BCUT2D eigenvalue weighted by Crippen LogP contribution is -2.49. The summed E-state index contributed by atoms with van der Waals surface area (Å²) in [4.78, 5) is 5.09. The third kappa shape index (κ3) is 1.73. The molecule has 2 aromatic rings. The molecule has 6 rings (SSSR count). The van der Waals surface area contributed by atoms with E-state index < -0.39 is 0 Å². The molecule has 1 heterocycles. The maximum absolute atomic E-state index is 5.09. The molecule has 4 aliphatic carbocycles. The highest BCUT2D eigenvalue weighted by Gasteiger charge is 2.52. The van der Waals surface area contributed by atoms with Crippen molar-refractivity contribution in [1.29, 1.82) is 0 Å². The van der Waals surface area contributed by atoms with Gasteiger partial charge in [0.1, 0.15) is 0 Å². The molecule has 0 unspecified atom stereocenters. The van der Waals surface area contributed by atoms with E-state index in [9.17, 15) is 0 Å². The molecule has 0 radical (unpaired) electrons. The van der Waals surface area contributed by atoms with Crippen LogP contribution in [0.15, 0.2) is 30.3 Å². The van der Waals surface area contributed by atoms with Gasteiger partial charge in [0.15, 0.2) is 0 Å². The number of fused-ring (bicyclic) bond motifs is 1. The van der Waals surface area contributed by atoms with E-state index in [1.165, 1.54) is 60.7 Å². The van der Waals surface area contributed by atoms with Gasteiger partial charge in [0.05, 0.1) is 5.69 Å². The molecule has 0 N–H and O–H groups in total. The van der Waals surface area contributed by atoms with Gasteiger partial charge < -0.3 is 0 Å². The van der Waals surface area contributed by atoms with Gasteiger partial charge in [-0.05, 0) is 74.7 Å². The van der Waals surface area contributed by atoms with Gasteiger partial charge in [-0.15, -0.1) is 0 Å². The van der Waals surface area contributed by atoms with Crippen LogP contribution in [0.3, 0.4) is 0 Å². The first kappa shape index (κ1) is 12.2. The normalized spacial score (nSPS) is 37.3. The van der Waals surface area contributed by atoms with Crippen LogP contribution in [-0.2, 0) is 5.41 Å². The second-order valence-corrected chi connectivity index (χ2v) is 8.03. The fourth-order valence-corrected chi connectivity index (χ4v) is 6.14. The van der Waals surface area contributed by atoms with Gasteiger partial charge in [0.25, 0.3) is 0 Å². The second-order valence-electron chi connectivity index (χ2n) is 8.03. The topological polar surface area (TPSA) is 12.9 Å². The Bertz CT molecular complexity index is 680. The largest absolute Gasteiger partial charge is 0.257 e. The van der Waals surface area contributed by atoms with Crippen molar-refractivity contribution in [3.05, 3.63) is 41.7 Å². The molecule has 0 aliphatic heterocycles. The molecule has 1 aromatic carbocycles. The van der Waals surface area contributed by atoms with Crippen molar-refractivity contribution in [1.82, 2.24) is 4.98 Å². The van der Waals surface area contributed by atoms with Gasteiger partial charge in [-0.3, -0.25) is 4.98 Å². The van der Waals surface area contributed by atoms with E-state index in [1.54, 1.807) is 0 Å². The maximum Gasteiger partial charge on any atom is 0.0547 e. The van der Waals surface area contributed by atoms with E-state index in [0.29, 0.717) is 5.41 Å². The zero-order chi connectivity index (χ0) is 14.0. The van der Waals surface area contributed by atoms with Gasteiger partial charge in [0, 0.05) is 16.5 Å². The minimum atomic E-state index is 0.403. The van der Waals surface area contributed by atoms with E-state index in [-0.39, 0.29) is 0 Å². The predicted molar refractivity (Wildman–Crippen MR) is 86.3 cm³/mol. The van der Waals surface area contributed by atoms with Crippen LogP contribution in [-0.4, -0.2) is 4.98 Å². The average molecular weight is 277 g/mol. The number of hydrogen-bond donors (Lipinski definition) is 0. The van der Waals surface area contributed by atoms with E-state index in [2.05, 4.69) is 37.3 Å². The first-order valence-corrected chi connectivity index (χ1v) is 8.59. The molecular formula is C20H23N. The minimum absolute atomic E-state index is 0.403. The zero-order valence-corrected chi connectivity index (χ0v) is 12.8. The molecule has 4 fully saturated rings. The fourth-order valence-electron chi connectivity index (χ4n) is 6.14. The molecule has 4 bridgehead atoms.